The van der Waals surface area contributed by atoms with Crippen molar-refractivity contribution in [3.63, 3.8) is 0 Å². The molecule has 20 heavy (non-hydrogen) atoms. The minimum atomic E-state index is -1.25. The van der Waals surface area contributed by atoms with Crippen LogP contribution in [0.1, 0.15) is 18.6 Å². The van der Waals surface area contributed by atoms with Crippen LogP contribution >= 0.6 is 0 Å². The maximum absolute atomic E-state index is 11.5. The Balaban J connectivity index is 2.41. The largest absolute Gasteiger partial charge is 0.480 e. The van der Waals surface area contributed by atoms with Crippen LogP contribution in [0.2, 0.25) is 0 Å². The monoisotopic (exact) mass is 285 g/mol. The second-order valence-corrected chi connectivity index (χ2v) is 4.03. The van der Waals surface area contributed by atoms with Gasteiger partial charge in [0.15, 0.2) is 6.61 Å². The van der Waals surface area contributed by atoms with E-state index in [2.05, 4.69) is 10.5 Å². The van der Waals surface area contributed by atoms with E-state index in [0.29, 0.717) is 5.76 Å². The van der Waals surface area contributed by atoms with Crippen molar-refractivity contribution in [1.29, 1.82) is 0 Å². The highest BCUT2D eigenvalue weighted by atomic mass is 16.5. The molecule has 0 saturated heterocycles. The Bertz CT molecular complexity index is 498. The number of hydrogen-bond acceptors (Lipinski definition) is 6. The summed E-state index contributed by atoms with van der Waals surface area (Å²) in [5.41, 5.74) is 4.92. The molecule has 0 aliphatic heterocycles. The minimum absolute atomic E-state index is 0.0839. The predicted octanol–water partition coefficient (Wildman–Crippen LogP) is -0.803. The van der Waals surface area contributed by atoms with Gasteiger partial charge < -0.3 is 25.4 Å². The minimum Gasteiger partial charge on any atom is -0.480 e. The molecule has 0 fully saturated rings. The molecular weight excluding hydrogens is 270 g/mol. The van der Waals surface area contributed by atoms with Gasteiger partial charge in [-0.15, -0.1) is 0 Å². The molecule has 110 valence electrons. The molecule has 1 atom stereocenters. The lowest BCUT2D eigenvalue weighted by atomic mass is 10.1. The first-order chi connectivity index (χ1) is 9.38. The van der Waals surface area contributed by atoms with Crippen LogP contribution in [0.5, 0.6) is 5.88 Å². The van der Waals surface area contributed by atoms with Gasteiger partial charge in [-0.3, -0.25) is 9.59 Å². The lowest BCUT2D eigenvalue weighted by Gasteiger charge is -2.13. The number of nitrogens with zero attached hydrogens (tertiary/aromatic N) is 1. The highest BCUT2D eigenvalue weighted by Gasteiger charge is 2.20. The molecule has 0 radical (unpaired) electrons. The molecule has 0 aliphatic rings. The number of rotatable bonds is 8. The Labute approximate surface area is 114 Å². The zero-order valence-corrected chi connectivity index (χ0v) is 10.8. The SMILES string of the molecule is Cc1cc(OCC(=O)N[C@@H](CCC(N)=O)C(=O)O)no1. The Morgan fingerprint density at radius 3 is 2.75 bits per heavy atom. The molecule has 2 amide bonds. The molecule has 1 rings (SSSR count). The Morgan fingerprint density at radius 1 is 1.55 bits per heavy atom. The summed E-state index contributed by atoms with van der Waals surface area (Å²) in [7, 11) is 0. The summed E-state index contributed by atoms with van der Waals surface area (Å²) in [5, 5.41) is 14.6. The number of hydrogen-bond donors (Lipinski definition) is 3. The summed E-state index contributed by atoms with van der Waals surface area (Å²) < 4.78 is 9.72. The van der Waals surface area contributed by atoms with E-state index in [1.807, 2.05) is 0 Å². The first-order valence-electron chi connectivity index (χ1n) is 5.75. The quantitative estimate of drug-likeness (QED) is 0.566. The van der Waals surface area contributed by atoms with Crippen LogP contribution in [0, 0.1) is 6.92 Å². The van der Waals surface area contributed by atoms with E-state index in [-0.39, 0.29) is 18.7 Å². The zero-order chi connectivity index (χ0) is 15.1. The second-order valence-electron chi connectivity index (χ2n) is 4.03. The topological polar surface area (TPSA) is 145 Å². The van der Waals surface area contributed by atoms with Crippen LogP contribution in [0.25, 0.3) is 0 Å². The molecular formula is C11H15N3O6. The van der Waals surface area contributed by atoms with Crippen LogP contribution in [-0.4, -0.2) is 40.7 Å². The summed E-state index contributed by atoms with van der Waals surface area (Å²) in [6, 6.07) is 0.285. The second kappa shape index (κ2) is 7.12. The number of primary amides is 1. The van der Waals surface area contributed by atoms with Crippen molar-refractivity contribution in [3.05, 3.63) is 11.8 Å². The number of aromatic nitrogens is 1. The molecule has 1 heterocycles. The van der Waals surface area contributed by atoms with Gasteiger partial charge in [0.05, 0.1) is 0 Å². The Morgan fingerprint density at radius 2 is 2.25 bits per heavy atom. The number of carboxylic acids is 1. The smallest absolute Gasteiger partial charge is 0.326 e. The van der Waals surface area contributed by atoms with Gasteiger partial charge in [0.1, 0.15) is 11.8 Å². The fourth-order valence-electron chi connectivity index (χ4n) is 1.33. The summed E-state index contributed by atoms with van der Waals surface area (Å²) in [6.07, 6.45) is -0.222. The first-order valence-corrected chi connectivity index (χ1v) is 5.75. The third kappa shape index (κ3) is 5.38. The van der Waals surface area contributed by atoms with E-state index in [1.54, 1.807) is 6.92 Å². The van der Waals surface area contributed by atoms with Crippen molar-refractivity contribution in [2.75, 3.05) is 6.61 Å². The lowest BCUT2D eigenvalue weighted by molar-refractivity contribution is -0.142. The van der Waals surface area contributed by atoms with Crippen molar-refractivity contribution in [2.45, 2.75) is 25.8 Å². The highest BCUT2D eigenvalue weighted by Crippen LogP contribution is 2.09. The average molecular weight is 285 g/mol. The number of carboxylic acid groups (broad SMARTS) is 1. The van der Waals surface area contributed by atoms with Crippen LogP contribution in [0.15, 0.2) is 10.6 Å². The van der Waals surface area contributed by atoms with Gasteiger partial charge in [-0.25, -0.2) is 4.79 Å². The number of carbonyl (C=O) groups excluding carboxylic acids is 2. The molecule has 0 aromatic carbocycles. The van der Waals surface area contributed by atoms with Gasteiger partial charge in [-0.2, -0.15) is 0 Å². The van der Waals surface area contributed by atoms with Crippen LogP contribution in [-0.2, 0) is 14.4 Å². The average Bonchev–Trinajstić information content (AvgIpc) is 2.77. The number of carbonyl (C=O) groups is 3. The van der Waals surface area contributed by atoms with Crippen LogP contribution < -0.4 is 15.8 Å². The van der Waals surface area contributed by atoms with Gasteiger partial charge in [0.25, 0.3) is 11.8 Å². The predicted molar refractivity (Wildman–Crippen MR) is 64.7 cm³/mol. The van der Waals surface area contributed by atoms with Crippen molar-refractivity contribution in [2.24, 2.45) is 5.73 Å². The van der Waals surface area contributed by atoms with E-state index in [9.17, 15) is 14.4 Å². The van der Waals surface area contributed by atoms with Crippen LogP contribution in [0.4, 0.5) is 0 Å². The number of ether oxygens (including phenoxy) is 1. The maximum Gasteiger partial charge on any atom is 0.326 e. The van der Waals surface area contributed by atoms with Gasteiger partial charge >= 0.3 is 5.97 Å². The van der Waals surface area contributed by atoms with Gasteiger partial charge in [0, 0.05) is 12.5 Å². The summed E-state index contributed by atoms with van der Waals surface area (Å²) in [6.45, 7) is 1.25. The summed E-state index contributed by atoms with van der Waals surface area (Å²) in [5.74, 6) is -1.90. The Hall–Kier alpha value is -2.58. The molecule has 0 unspecified atom stereocenters. The number of aliphatic carboxylic acids is 1. The normalized spacial score (nSPS) is 11.7. The van der Waals surface area contributed by atoms with Gasteiger partial charge in [-0.1, -0.05) is 0 Å². The third-order valence-electron chi connectivity index (χ3n) is 2.27. The number of nitrogens with one attached hydrogen (secondary N) is 1. The van der Waals surface area contributed by atoms with Crippen LogP contribution in [0.3, 0.4) is 0 Å². The molecule has 0 aliphatic carbocycles. The molecule has 9 heteroatoms. The fraction of sp³-hybridized carbons (Fsp3) is 0.455. The first kappa shape index (κ1) is 15.5. The van der Waals surface area contributed by atoms with E-state index in [4.69, 9.17) is 20.1 Å². The van der Waals surface area contributed by atoms with Crippen molar-refractivity contribution < 1.29 is 28.8 Å². The fourth-order valence-corrected chi connectivity index (χ4v) is 1.33. The molecule has 0 spiro atoms. The van der Waals surface area contributed by atoms with E-state index in [1.165, 1.54) is 6.07 Å². The van der Waals surface area contributed by atoms with Crippen molar-refractivity contribution in [1.82, 2.24) is 10.5 Å². The van der Waals surface area contributed by atoms with Gasteiger partial charge in [-0.05, 0) is 18.5 Å². The van der Waals surface area contributed by atoms with Gasteiger partial charge in [0.2, 0.25) is 5.91 Å². The molecule has 4 N–H and O–H groups in total. The molecule has 1 aromatic rings. The number of amides is 2. The molecule has 0 bridgehead atoms. The summed E-state index contributed by atoms with van der Waals surface area (Å²) >= 11 is 0. The molecule has 1 aromatic heterocycles. The van der Waals surface area contributed by atoms with E-state index in [0.717, 1.165) is 0 Å². The maximum atomic E-state index is 11.5. The molecule has 0 saturated carbocycles. The standard InChI is InChI=1S/C11H15N3O6/c1-6-4-10(14-20-6)19-5-9(16)13-7(11(17)18)2-3-8(12)15/h4,7H,2-3,5H2,1H3,(H2,12,15)(H,13,16)(H,17,18)/t7-/m0/s1. The lowest BCUT2D eigenvalue weighted by Crippen LogP contribution is -2.43. The van der Waals surface area contributed by atoms with E-state index < -0.39 is 30.4 Å². The van der Waals surface area contributed by atoms with E-state index >= 15 is 0 Å². The number of aryl methyl sites for hydroxylation is 1. The zero-order valence-electron chi connectivity index (χ0n) is 10.8. The Kier molecular flexibility index (Phi) is 5.51. The number of nitrogens with two attached hydrogens (primary N) is 1. The highest BCUT2D eigenvalue weighted by molar-refractivity contribution is 5.85. The van der Waals surface area contributed by atoms with Crippen molar-refractivity contribution >= 4 is 17.8 Å². The van der Waals surface area contributed by atoms with Crippen molar-refractivity contribution in [3.8, 4) is 5.88 Å². The third-order valence-corrected chi connectivity index (χ3v) is 2.27. The summed E-state index contributed by atoms with van der Waals surface area (Å²) in [4.78, 5) is 33.0. The molecule has 9 nitrogen and oxygen atoms in total.